The van der Waals surface area contributed by atoms with Crippen molar-refractivity contribution in [3.05, 3.63) is 54.6 Å². The van der Waals surface area contributed by atoms with Gasteiger partial charge in [-0.1, -0.05) is 18.2 Å². The number of rotatable bonds is 6. The number of nitrogens with zero attached hydrogens (tertiary/aromatic N) is 4. The minimum atomic E-state index is -0.340. The molecule has 0 atom stereocenters. The van der Waals surface area contributed by atoms with Crippen molar-refractivity contribution in [2.45, 2.75) is 6.92 Å². The van der Waals surface area contributed by atoms with Crippen LogP contribution >= 0.6 is 0 Å². The minimum absolute atomic E-state index is 0.0720. The first-order valence-electron chi connectivity index (χ1n) is 10.5. The third-order valence-corrected chi connectivity index (χ3v) is 5.07. The van der Waals surface area contributed by atoms with Crippen LogP contribution in [0, 0.1) is 0 Å². The lowest BCUT2D eigenvalue weighted by Crippen LogP contribution is -2.51. The van der Waals surface area contributed by atoms with E-state index in [0.717, 1.165) is 11.1 Å². The van der Waals surface area contributed by atoms with Gasteiger partial charge in [0.2, 0.25) is 11.8 Å². The highest BCUT2D eigenvalue weighted by atomic mass is 16.6. The van der Waals surface area contributed by atoms with Gasteiger partial charge in [0.05, 0.1) is 6.61 Å². The molecule has 0 aliphatic carbocycles. The molecule has 1 aliphatic heterocycles. The molecule has 9 heteroatoms. The van der Waals surface area contributed by atoms with Crippen molar-refractivity contribution in [3.8, 4) is 28.7 Å². The van der Waals surface area contributed by atoms with Crippen molar-refractivity contribution >= 4 is 12.0 Å². The molecule has 0 bridgehead atoms. The number of carbonyl (C=O) groups excluding carboxylic acids is 2. The van der Waals surface area contributed by atoms with Crippen LogP contribution in [0.25, 0.3) is 22.9 Å². The summed E-state index contributed by atoms with van der Waals surface area (Å²) in [4.78, 5) is 27.5. The highest BCUT2D eigenvalue weighted by molar-refractivity contribution is 5.78. The molecule has 1 aliphatic rings. The van der Waals surface area contributed by atoms with Gasteiger partial charge in [-0.3, -0.25) is 4.79 Å². The van der Waals surface area contributed by atoms with E-state index in [2.05, 4.69) is 10.2 Å². The van der Waals surface area contributed by atoms with Gasteiger partial charge in [-0.25, -0.2) is 4.79 Å². The second-order valence-corrected chi connectivity index (χ2v) is 7.16. The topological polar surface area (TPSA) is 98.0 Å². The summed E-state index contributed by atoms with van der Waals surface area (Å²) in [6, 6.07) is 16.7. The normalized spacial score (nSPS) is 13.7. The molecule has 4 rings (SSSR count). The summed E-state index contributed by atoms with van der Waals surface area (Å²) in [6.45, 7) is 3.86. The predicted octanol–water partition coefficient (Wildman–Crippen LogP) is 3.08. The van der Waals surface area contributed by atoms with Gasteiger partial charge >= 0.3 is 6.09 Å². The van der Waals surface area contributed by atoms with Crippen molar-refractivity contribution in [2.24, 2.45) is 0 Å². The van der Waals surface area contributed by atoms with Gasteiger partial charge < -0.3 is 23.7 Å². The zero-order chi connectivity index (χ0) is 22.3. The zero-order valence-corrected chi connectivity index (χ0v) is 17.8. The smallest absolute Gasteiger partial charge is 0.409 e. The van der Waals surface area contributed by atoms with E-state index < -0.39 is 0 Å². The maximum atomic E-state index is 12.4. The summed E-state index contributed by atoms with van der Waals surface area (Å²) >= 11 is 0. The molecule has 2 aromatic carbocycles. The maximum absolute atomic E-state index is 12.4. The molecule has 0 unspecified atom stereocenters. The van der Waals surface area contributed by atoms with Gasteiger partial charge in [-0.15, -0.1) is 10.2 Å². The van der Waals surface area contributed by atoms with Crippen LogP contribution in [0.3, 0.4) is 0 Å². The summed E-state index contributed by atoms with van der Waals surface area (Å²) in [6.07, 6.45) is -0.340. The summed E-state index contributed by atoms with van der Waals surface area (Å²) < 4.78 is 16.4. The Kier molecular flexibility index (Phi) is 6.64. The van der Waals surface area contributed by atoms with Crippen molar-refractivity contribution in [1.82, 2.24) is 20.0 Å². The Hall–Kier alpha value is -3.88. The van der Waals surface area contributed by atoms with Gasteiger partial charge in [-0.05, 0) is 43.3 Å². The van der Waals surface area contributed by atoms with Crippen LogP contribution in [0.1, 0.15) is 6.92 Å². The van der Waals surface area contributed by atoms with Gasteiger partial charge in [0.25, 0.3) is 5.91 Å². The third kappa shape index (κ3) is 5.05. The van der Waals surface area contributed by atoms with Crippen molar-refractivity contribution in [1.29, 1.82) is 0 Å². The largest absolute Gasteiger partial charge is 0.484 e. The van der Waals surface area contributed by atoms with E-state index in [1.807, 2.05) is 30.3 Å². The zero-order valence-electron chi connectivity index (χ0n) is 17.8. The average Bonchev–Trinajstić information content (AvgIpc) is 3.34. The molecule has 32 heavy (non-hydrogen) atoms. The van der Waals surface area contributed by atoms with Crippen LogP contribution < -0.4 is 4.74 Å². The quantitative estimate of drug-likeness (QED) is 0.586. The SMILES string of the molecule is CCOC(=O)N1CCN(C(=O)COc2ccc(-c3nnc(-c4ccccc4)o3)cc2)CC1. The molecule has 1 fully saturated rings. The van der Waals surface area contributed by atoms with Gasteiger partial charge in [-0.2, -0.15) is 0 Å². The van der Waals surface area contributed by atoms with E-state index >= 15 is 0 Å². The third-order valence-electron chi connectivity index (χ3n) is 5.07. The van der Waals surface area contributed by atoms with Crippen molar-refractivity contribution in [3.63, 3.8) is 0 Å². The van der Waals surface area contributed by atoms with Crippen LogP contribution in [0.5, 0.6) is 5.75 Å². The molecule has 9 nitrogen and oxygen atoms in total. The lowest BCUT2D eigenvalue weighted by atomic mass is 10.2. The fourth-order valence-corrected chi connectivity index (χ4v) is 3.32. The first-order valence-corrected chi connectivity index (χ1v) is 10.5. The van der Waals surface area contributed by atoms with Crippen LogP contribution in [-0.2, 0) is 9.53 Å². The lowest BCUT2D eigenvalue weighted by Gasteiger charge is -2.33. The van der Waals surface area contributed by atoms with Gasteiger partial charge in [0, 0.05) is 37.3 Å². The molecule has 1 aromatic heterocycles. The molecule has 0 spiro atoms. The van der Waals surface area contributed by atoms with E-state index in [4.69, 9.17) is 13.9 Å². The summed E-state index contributed by atoms with van der Waals surface area (Å²) in [5.74, 6) is 1.30. The number of ether oxygens (including phenoxy) is 2. The Balaban J connectivity index is 1.28. The van der Waals surface area contributed by atoms with E-state index in [-0.39, 0.29) is 18.6 Å². The number of carbonyl (C=O) groups is 2. The number of benzene rings is 2. The van der Waals surface area contributed by atoms with E-state index in [1.165, 1.54) is 0 Å². The number of amides is 2. The lowest BCUT2D eigenvalue weighted by molar-refractivity contribution is -0.134. The van der Waals surface area contributed by atoms with Crippen molar-refractivity contribution in [2.75, 3.05) is 39.4 Å². The predicted molar refractivity (Wildman–Crippen MR) is 116 cm³/mol. The Labute approximate surface area is 185 Å². The summed E-state index contributed by atoms with van der Waals surface area (Å²) in [7, 11) is 0. The molecule has 0 saturated carbocycles. The van der Waals surface area contributed by atoms with Gasteiger partial charge in [0.15, 0.2) is 6.61 Å². The summed E-state index contributed by atoms with van der Waals surface area (Å²) in [5.41, 5.74) is 1.61. The molecular weight excluding hydrogens is 412 g/mol. The van der Waals surface area contributed by atoms with Crippen LogP contribution in [0.4, 0.5) is 4.79 Å². The first kappa shape index (κ1) is 21.4. The van der Waals surface area contributed by atoms with E-state index in [1.54, 1.807) is 41.0 Å². The minimum Gasteiger partial charge on any atom is -0.484 e. The average molecular weight is 436 g/mol. The fourth-order valence-electron chi connectivity index (χ4n) is 3.32. The number of aromatic nitrogens is 2. The van der Waals surface area contributed by atoms with Crippen LogP contribution in [0.15, 0.2) is 59.0 Å². The summed E-state index contributed by atoms with van der Waals surface area (Å²) in [5, 5.41) is 8.20. The Morgan fingerprint density at radius 3 is 2.09 bits per heavy atom. The van der Waals surface area contributed by atoms with Crippen molar-refractivity contribution < 1.29 is 23.5 Å². The Morgan fingerprint density at radius 1 is 0.875 bits per heavy atom. The molecule has 166 valence electrons. The van der Waals surface area contributed by atoms with E-state index in [9.17, 15) is 9.59 Å². The molecule has 3 aromatic rings. The number of piperazine rings is 1. The molecule has 2 heterocycles. The van der Waals surface area contributed by atoms with Gasteiger partial charge in [0.1, 0.15) is 5.75 Å². The molecule has 1 saturated heterocycles. The standard InChI is InChI=1S/C23H24N4O5/c1-2-30-23(29)27-14-12-26(13-15-27)20(28)16-31-19-10-8-18(9-11-19)22-25-24-21(32-22)17-6-4-3-5-7-17/h3-11H,2,12-16H2,1H3. The van der Waals surface area contributed by atoms with Crippen LogP contribution in [-0.4, -0.2) is 71.4 Å². The van der Waals surface area contributed by atoms with E-state index in [0.29, 0.717) is 50.3 Å². The Bertz CT molecular complexity index is 1040. The highest BCUT2D eigenvalue weighted by Crippen LogP contribution is 2.25. The molecular formula is C23H24N4O5. The molecule has 0 N–H and O–H groups in total. The second-order valence-electron chi connectivity index (χ2n) is 7.16. The first-order chi connectivity index (χ1) is 15.6. The molecule has 0 radical (unpaired) electrons. The highest BCUT2D eigenvalue weighted by Gasteiger charge is 2.25. The monoisotopic (exact) mass is 436 g/mol. The Morgan fingerprint density at radius 2 is 1.47 bits per heavy atom. The maximum Gasteiger partial charge on any atom is 0.409 e. The van der Waals surface area contributed by atoms with Crippen LogP contribution in [0.2, 0.25) is 0 Å². The molecule has 2 amide bonds. The number of hydrogen-bond donors (Lipinski definition) is 0. The second kappa shape index (κ2) is 9.95. The number of hydrogen-bond acceptors (Lipinski definition) is 7. The fraction of sp³-hybridized carbons (Fsp3) is 0.304.